The zero-order valence-corrected chi connectivity index (χ0v) is 33.8. The number of benzene rings is 9. The van der Waals surface area contributed by atoms with Gasteiger partial charge in [0.15, 0.2) is 0 Å². The molecule has 0 heterocycles. The van der Waals surface area contributed by atoms with Crippen LogP contribution >= 0.6 is 0 Å². The molecule has 2 aliphatic carbocycles. The lowest BCUT2D eigenvalue weighted by atomic mass is 9.65. The van der Waals surface area contributed by atoms with Gasteiger partial charge in [-0.25, -0.2) is 0 Å². The van der Waals surface area contributed by atoms with Crippen molar-refractivity contribution in [2.75, 3.05) is 4.90 Å². The number of para-hydroxylation sites is 1. The summed E-state index contributed by atoms with van der Waals surface area (Å²) in [7, 11) is 0. The van der Waals surface area contributed by atoms with Crippen LogP contribution < -0.4 is 4.90 Å². The van der Waals surface area contributed by atoms with Gasteiger partial charge in [-0.15, -0.1) is 0 Å². The molecule has 11 rings (SSSR count). The maximum absolute atomic E-state index is 2.40. The highest BCUT2D eigenvalue weighted by molar-refractivity contribution is 6.01. The van der Waals surface area contributed by atoms with E-state index in [4.69, 9.17) is 0 Å². The number of fused-ring (bicyclic) bond motifs is 2. The highest BCUT2D eigenvalue weighted by Gasteiger charge is 2.46. The third kappa shape index (κ3) is 5.85. The average molecular weight is 778 g/mol. The first-order valence-electron chi connectivity index (χ1n) is 21.2. The van der Waals surface area contributed by atoms with Gasteiger partial charge in [-0.1, -0.05) is 212 Å². The van der Waals surface area contributed by atoms with Crippen LogP contribution in [0.15, 0.2) is 249 Å². The molecule has 0 spiro atoms. The molecular weight excluding hydrogens is 735 g/mol. The summed E-state index contributed by atoms with van der Waals surface area (Å²) in [5.41, 5.74) is 17.5. The molecule has 0 atom stereocenters. The Morgan fingerprint density at radius 3 is 0.869 bits per heavy atom. The van der Waals surface area contributed by atoms with Gasteiger partial charge in [-0.3, -0.25) is 0 Å². The SMILES string of the molecule is C1=C(c2ccc(N(c3ccccc3)c3ccc(C4=Cc5ccccc5C4(c4ccccc4)c4ccccc4)cc3)cc2)C(c2ccccc2)(c2ccccc2)c2ccccc21. The minimum Gasteiger partial charge on any atom is -0.311 e. The molecule has 0 aromatic heterocycles. The van der Waals surface area contributed by atoms with E-state index in [1.54, 1.807) is 0 Å². The molecule has 0 saturated carbocycles. The van der Waals surface area contributed by atoms with Crippen molar-refractivity contribution in [1.82, 2.24) is 0 Å². The summed E-state index contributed by atoms with van der Waals surface area (Å²) >= 11 is 0. The number of nitrogens with zero attached hydrogens (tertiary/aromatic N) is 1. The van der Waals surface area contributed by atoms with Crippen LogP contribution in [0.4, 0.5) is 17.1 Å². The maximum Gasteiger partial charge on any atom is 0.0713 e. The smallest absolute Gasteiger partial charge is 0.0713 e. The Hall–Kier alpha value is -7.74. The lowest BCUT2D eigenvalue weighted by Gasteiger charge is -2.36. The van der Waals surface area contributed by atoms with Crippen LogP contribution in [0.2, 0.25) is 0 Å². The van der Waals surface area contributed by atoms with Crippen molar-refractivity contribution in [3.05, 3.63) is 304 Å². The van der Waals surface area contributed by atoms with Gasteiger partial charge in [0.25, 0.3) is 0 Å². The molecule has 1 heteroatoms. The van der Waals surface area contributed by atoms with Crippen LogP contribution in [-0.4, -0.2) is 0 Å². The molecular formula is C60H43N. The van der Waals surface area contributed by atoms with E-state index in [2.05, 4.69) is 266 Å². The second-order valence-corrected chi connectivity index (χ2v) is 16.0. The first kappa shape index (κ1) is 36.3. The van der Waals surface area contributed by atoms with Crippen LogP contribution in [-0.2, 0) is 10.8 Å². The van der Waals surface area contributed by atoms with Gasteiger partial charge in [0.1, 0.15) is 0 Å². The summed E-state index contributed by atoms with van der Waals surface area (Å²) in [6, 6.07) is 90.8. The highest BCUT2D eigenvalue weighted by atomic mass is 15.1. The summed E-state index contributed by atoms with van der Waals surface area (Å²) in [6.45, 7) is 0. The molecule has 0 saturated heterocycles. The fourth-order valence-corrected chi connectivity index (χ4v) is 10.3. The highest BCUT2D eigenvalue weighted by Crippen LogP contribution is 2.57. The predicted molar refractivity (Wildman–Crippen MR) is 255 cm³/mol. The van der Waals surface area contributed by atoms with E-state index >= 15 is 0 Å². The van der Waals surface area contributed by atoms with Crippen molar-refractivity contribution in [2.24, 2.45) is 0 Å². The lowest BCUT2D eigenvalue weighted by molar-refractivity contribution is 0.814. The molecule has 0 N–H and O–H groups in total. The molecule has 288 valence electrons. The number of rotatable bonds is 9. The lowest BCUT2D eigenvalue weighted by Crippen LogP contribution is -2.29. The third-order valence-corrected chi connectivity index (χ3v) is 12.9. The molecule has 0 amide bonds. The maximum atomic E-state index is 2.40. The number of anilines is 3. The summed E-state index contributed by atoms with van der Waals surface area (Å²) in [5, 5.41) is 0. The quantitative estimate of drug-likeness (QED) is 0.141. The first-order valence-corrected chi connectivity index (χ1v) is 21.2. The van der Waals surface area contributed by atoms with Crippen molar-refractivity contribution in [1.29, 1.82) is 0 Å². The van der Waals surface area contributed by atoms with Gasteiger partial charge in [0.2, 0.25) is 0 Å². The van der Waals surface area contributed by atoms with Crippen LogP contribution in [0.25, 0.3) is 23.3 Å². The molecule has 0 bridgehead atoms. The first-order chi connectivity index (χ1) is 30.3. The standard InChI is InChI=1S/C60H43N/c1-6-22-48(23-7-1)59(49-24-8-2-9-25-49)55-32-18-16-20-46(55)42-57(59)44-34-38-53(39-35-44)61(52-30-14-5-15-31-52)54-40-36-45(37-41-54)58-43-47-21-17-19-33-56(47)60(58,50-26-10-3-11-27-50)51-28-12-4-13-29-51/h1-43H. The van der Waals surface area contributed by atoms with Crippen molar-refractivity contribution in [3.63, 3.8) is 0 Å². The van der Waals surface area contributed by atoms with E-state index in [0.717, 1.165) is 17.1 Å². The molecule has 0 aliphatic heterocycles. The number of hydrogen-bond donors (Lipinski definition) is 0. The molecule has 0 unspecified atom stereocenters. The van der Waals surface area contributed by atoms with E-state index in [0.29, 0.717) is 0 Å². The van der Waals surface area contributed by atoms with Crippen LogP contribution in [0.5, 0.6) is 0 Å². The Balaban J connectivity index is 1.02. The van der Waals surface area contributed by atoms with Gasteiger partial charge < -0.3 is 4.90 Å². The van der Waals surface area contributed by atoms with E-state index in [1.807, 2.05) is 0 Å². The second-order valence-electron chi connectivity index (χ2n) is 16.0. The van der Waals surface area contributed by atoms with Crippen molar-refractivity contribution in [2.45, 2.75) is 10.8 Å². The van der Waals surface area contributed by atoms with Crippen molar-refractivity contribution >= 4 is 40.4 Å². The zero-order valence-electron chi connectivity index (χ0n) is 33.8. The molecule has 0 fully saturated rings. The summed E-state index contributed by atoms with van der Waals surface area (Å²) < 4.78 is 0. The van der Waals surface area contributed by atoms with E-state index in [1.165, 1.54) is 66.8 Å². The minimum absolute atomic E-state index is 0.459. The summed E-state index contributed by atoms with van der Waals surface area (Å²) in [6.07, 6.45) is 4.80. The Kier molecular flexibility index (Phi) is 9.02. The summed E-state index contributed by atoms with van der Waals surface area (Å²) in [4.78, 5) is 2.37. The number of allylic oxidation sites excluding steroid dienone is 2. The van der Waals surface area contributed by atoms with Gasteiger partial charge in [-0.2, -0.15) is 0 Å². The zero-order chi connectivity index (χ0) is 40.6. The largest absolute Gasteiger partial charge is 0.311 e. The van der Waals surface area contributed by atoms with Crippen LogP contribution in [0.3, 0.4) is 0 Å². The van der Waals surface area contributed by atoms with E-state index in [9.17, 15) is 0 Å². The summed E-state index contributed by atoms with van der Waals surface area (Å²) in [5.74, 6) is 0. The van der Waals surface area contributed by atoms with Crippen LogP contribution in [0.1, 0.15) is 55.6 Å². The second kappa shape index (κ2) is 15.1. The van der Waals surface area contributed by atoms with E-state index in [-0.39, 0.29) is 0 Å². The molecule has 0 radical (unpaired) electrons. The molecule has 2 aliphatic rings. The fourth-order valence-electron chi connectivity index (χ4n) is 10.3. The van der Waals surface area contributed by atoms with E-state index < -0.39 is 10.8 Å². The van der Waals surface area contributed by atoms with Gasteiger partial charge >= 0.3 is 0 Å². The van der Waals surface area contributed by atoms with Crippen molar-refractivity contribution in [3.8, 4) is 0 Å². The van der Waals surface area contributed by atoms with Gasteiger partial charge in [-0.05, 0) is 115 Å². The molecule has 61 heavy (non-hydrogen) atoms. The molecule has 9 aromatic carbocycles. The third-order valence-electron chi connectivity index (χ3n) is 12.9. The van der Waals surface area contributed by atoms with Gasteiger partial charge in [0, 0.05) is 17.1 Å². The fraction of sp³-hybridized carbons (Fsp3) is 0.0333. The average Bonchev–Trinajstić information content (AvgIpc) is 3.89. The normalized spacial score (nSPS) is 14.4. The minimum atomic E-state index is -0.459. The topological polar surface area (TPSA) is 3.24 Å². The monoisotopic (exact) mass is 777 g/mol. The Labute approximate surface area is 358 Å². The molecule has 1 nitrogen and oxygen atoms in total. The van der Waals surface area contributed by atoms with Crippen molar-refractivity contribution < 1.29 is 0 Å². The Bertz CT molecular complexity index is 2750. The number of hydrogen-bond acceptors (Lipinski definition) is 1. The van der Waals surface area contributed by atoms with Crippen LogP contribution in [0, 0.1) is 0 Å². The predicted octanol–water partition coefficient (Wildman–Crippen LogP) is 14.9. The Morgan fingerprint density at radius 1 is 0.246 bits per heavy atom. The molecule has 9 aromatic rings. The Morgan fingerprint density at radius 2 is 0.525 bits per heavy atom. The van der Waals surface area contributed by atoms with Gasteiger partial charge in [0.05, 0.1) is 10.8 Å².